The van der Waals surface area contributed by atoms with E-state index < -0.39 is 183 Å². The summed E-state index contributed by atoms with van der Waals surface area (Å²) in [7, 11) is 0. The molecule has 35 heteroatoms. The number of unbranched alkanes of at least 4 members (excludes halogenated alkanes) is 15. The van der Waals surface area contributed by atoms with Crippen molar-refractivity contribution in [2.24, 2.45) is 0 Å². The molecule has 4 heterocycles. The number of aliphatic hydroxyl groups is 10. The molecule has 0 aromatic heterocycles. The molecule has 4 fully saturated rings. The van der Waals surface area contributed by atoms with Crippen molar-refractivity contribution in [3.63, 3.8) is 0 Å². The third-order valence-corrected chi connectivity index (χ3v) is 18.0. The first kappa shape index (κ1) is 88.9. The highest BCUT2D eigenvalue weighted by molar-refractivity contribution is 5.90. The van der Waals surface area contributed by atoms with Crippen LogP contribution in [0.15, 0.2) is 0 Å². The standard InChI is InChI=1S/C67H119N9O26/c1-40(80)72-53-59(90)56(87)47(36-77)100-65(53)96-32-20-12-9-16-28-68-50(84)26-24-44(62(93)69-29-18-10-13-21-33-97-66-54(73-41(2)81)60(91)57(88)48(37-78)101-66)76-52(86)27-25-45(75-51(85)23-15-7-5-4-6-8-17-31-71-64(95)46-35-43(83)39-99-46)63(94)70-30-19-11-14-22-34-98-67-55(74-42(3)82)61(92)58(89)49(38-79)102-67/h43-49,53-61,65-67,77-79,83,87-92H,4-39H2,1-3H3,(H,68,84)(H,69,93)(H,70,94)(H,71,95)(H,72,80)(H,73,81)(H,74,82)(H,75,85)(H,76,86)/t43-,44?,45?,46+,47?,48?,49?,53?,54?,55?,56?,57?,58?,59?,60?,61?,65?,66?,67?/m1/s1. The maximum atomic E-state index is 13.9. The van der Waals surface area contributed by atoms with Crippen molar-refractivity contribution >= 4 is 53.2 Å². The summed E-state index contributed by atoms with van der Waals surface area (Å²) in [6.07, 6.45) is -4.67. The van der Waals surface area contributed by atoms with Crippen molar-refractivity contribution in [1.82, 2.24) is 47.9 Å². The van der Waals surface area contributed by atoms with E-state index in [-0.39, 0.29) is 90.5 Å². The zero-order valence-corrected chi connectivity index (χ0v) is 59.4. The Bertz CT molecular complexity index is 2480. The van der Waals surface area contributed by atoms with Gasteiger partial charge in [-0.15, -0.1) is 0 Å². The molecule has 4 aliphatic rings. The van der Waals surface area contributed by atoms with Gasteiger partial charge in [0.2, 0.25) is 53.2 Å². The predicted molar refractivity (Wildman–Crippen MR) is 361 cm³/mol. The van der Waals surface area contributed by atoms with Gasteiger partial charge in [-0.1, -0.05) is 70.6 Å². The number of nitrogens with one attached hydrogen (secondary N) is 9. The maximum absolute atomic E-state index is 13.9. The Morgan fingerprint density at radius 2 is 0.716 bits per heavy atom. The van der Waals surface area contributed by atoms with Crippen LogP contribution in [-0.2, 0) is 76.3 Å². The summed E-state index contributed by atoms with van der Waals surface area (Å²) in [6, 6.07) is -5.59. The molecular weight excluding hydrogens is 1350 g/mol. The molecule has 588 valence electrons. The molecule has 102 heavy (non-hydrogen) atoms. The molecule has 0 bridgehead atoms. The second-order valence-electron chi connectivity index (χ2n) is 26.6. The summed E-state index contributed by atoms with van der Waals surface area (Å²) >= 11 is 0. The minimum Gasteiger partial charge on any atom is -0.394 e. The number of hydrogen-bond acceptors (Lipinski definition) is 26. The van der Waals surface area contributed by atoms with Gasteiger partial charge in [-0.3, -0.25) is 43.2 Å². The Kier molecular flexibility index (Phi) is 43.7. The van der Waals surface area contributed by atoms with E-state index in [1.807, 2.05) is 0 Å². The van der Waals surface area contributed by atoms with Gasteiger partial charge < -0.3 is 132 Å². The Morgan fingerprint density at radius 3 is 1.07 bits per heavy atom. The minimum atomic E-state index is -1.46. The van der Waals surface area contributed by atoms with Crippen molar-refractivity contribution < 1.29 is 127 Å². The predicted octanol–water partition coefficient (Wildman–Crippen LogP) is -4.19. The van der Waals surface area contributed by atoms with Gasteiger partial charge in [0.1, 0.15) is 91.2 Å². The first-order chi connectivity index (χ1) is 48.9. The molecule has 9 amide bonds. The molecule has 19 N–H and O–H groups in total. The van der Waals surface area contributed by atoms with Gasteiger partial charge in [0, 0.05) is 92.5 Å². The Labute approximate surface area is 596 Å². The Morgan fingerprint density at radius 1 is 0.392 bits per heavy atom. The van der Waals surface area contributed by atoms with E-state index in [0.717, 1.165) is 38.5 Å². The molecule has 4 saturated heterocycles. The molecular formula is C67H119N9O26. The van der Waals surface area contributed by atoms with E-state index in [1.165, 1.54) is 20.8 Å². The van der Waals surface area contributed by atoms with E-state index in [4.69, 9.17) is 33.2 Å². The number of hydrogen-bond donors (Lipinski definition) is 19. The zero-order chi connectivity index (χ0) is 74.9. The van der Waals surface area contributed by atoms with Crippen LogP contribution in [0, 0.1) is 0 Å². The van der Waals surface area contributed by atoms with Gasteiger partial charge in [-0.05, 0) is 64.2 Å². The highest BCUT2D eigenvalue weighted by atomic mass is 16.7. The molecule has 4 rings (SSSR count). The number of rotatable bonds is 51. The molecule has 0 radical (unpaired) electrons. The van der Waals surface area contributed by atoms with Crippen LogP contribution < -0.4 is 47.9 Å². The Balaban J connectivity index is 1.31. The minimum absolute atomic E-state index is 0.105. The number of aliphatic hydroxyl groups excluding tert-OH is 10. The van der Waals surface area contributed by atoms with Gasteiger partial charge in [-0.2, -0.15) is 0 Å². The fourth-order valence-corrected chi connectivity index (χ4v) is 12.2. The molecule has 0 aliphatic carbocycles. The summed E-state index contributed by atoms with van der Waals surface area (Å²) < 4.78 is 39.5. The summed E-state index contributed by atoms with van der Waals surface area (Å²) in [4.78, 5) is 116. The van der Waals surface area contributed by atoms with E-state index in [9.17, 15) is 94.2 Å². The fourth-order valence-electron chi connectivity index (χ4n) is 12.2. The lowest BCUT2D eigenvalue weighted by Gasteiger charge is -2.42. The Hall–Kier alpha value is -5.45. The van der Waals surface area contributed by atoms with E-state index >= 15 is 0 Å². The van der Waals surface area contributed by atoms with Gasteiger partial charge in [0.25, 0.3) is 0 Å². The molecule has 0 aromatic rings. The average molecular weight is 1470 g/mol. The van der Waals surface area contributed by atoms with Crippen LogP contribution in [0.2, 0.25) is 0 Å². The normalized spacial score (nSPS) is 27.7. The van der Waals surface area contributed by atoms with Crippen LogP contribution in [0.25, 0.3) is 0 Å². The summed E-state index contributed by atoms with van der Waals surface area (Å²) in [5, 5.41) is 126. The van der Waals surface area contributed by atoms with Crippen molar-refractivity contribution in [2.75, 3.05) is 72.4 Å². The topological polar surface area (TPSA) is 529 Å². The summed E-state index contributed by atoms with van der Waals surface area (Å²) in [6.45, 7) is 3.68. The monoisotopic (exact) mass is 1470 g/mol. The van der Waals surface area contributed by atoms with Gasteiger partial charge >= 0.3 is 0 Å². The van der Waals surface area contributed by atoms with Crippen LogP contribution in [0.1, 0.15) is 181 Å². The van der Waals surface area contributed by atoms with Crippen LogP contribution in [-0.4, -0.2) is 293 Å². The molecule has 17 unspecified atom stereocenters. The van der Waals surface area contributed by atoms with Crippen molar-refractivity contribution in [3.05, 3.63) is 0 Å². The van der Waals surface area contributed by atoms with Crippen LogP contribution in [0.3, 0.4) is 0 Å². The third-order valence-electron chi connectivity index (χ3n) is 18.0. The molecule has 0 spiro atoms. The molecule has 4 aliphatic heterocycles. The largest absolute Gasteiger partial charge is 0.394 e. The smallest absolute Gasteiger partial charge is 0.249 e. The highest BCUT2D eigenvalue weighted by Crippen LogP contribution is 2.26. The second-order valence-corrected chi connectivity index (χ2v) is 26.6. The summed E-state index contributed by atoms with van der Waals surface area (Å²) in [5.41, 5.74) is 0. The van der Waals surface area contributed by atoms with Gasteiger partial charge in [-0.25, -0.2) is 0 Å². The number of carbonyl (C=O) groups excluding carboxylic acids is 9. The molecule has 19 atom stereocenters. The quantitative estimate of drug-likeness (QED) is 0.0257. The number of amides is 9. The zero-order valence-electron chi connectivity index (χ0n) is 59.4. The van der Waals surface area contributed by atoms with Crippen molar-refractivity contribution in [2.45, 2.75) is 298 Å². The maximum Gasteiger partial charge on any atom is 0.249 e. The van der Waals surface area contributed by atoms with Crippen LogP contribution in [0.5, 0.6) is 0 Å². The average Bonchev–Trinajstić information content (AvgIpc) is 1.32. The SMILES string of the molecule is CC(=O)NC1C(OCCCCCCNC(=O)CCC(NC(=O)CCC(NC(=O)CCCCCCCCCNC(=O)[C@@H]2C[C@@H](O)CO2)C(=O)NCCCCCCOC2OC(CO)C(O)C(O)C2NC(C)=O)C(=O)NCCCCCCOC2OC(CO)C(O)C(O)C2NC(C)=O)OC(CO)C(O)C1O. The fraction of sp³-hybridized carbons (Fsp3) is 0.866. The molecule has 0 saturated carbocycles. The lowest BCUT2D eigenvalue weighted by atomic mass is 9.97. The highest BCUT2D eigenvalue weighted by Gasteiger charge is 2.48. The van der Waals surface area contributed by atoms with Crippen molar-refractivity contribution in [3.8, 4) is 0 Å². The van der Waals surface area contributed by atoms with E-state index in [1.54, 1.807) is 0 Å². The van der Waals surface area contributed by atoms with Gasteiger partial charge in [0.15, 0.2) is 18.9 Å². The second kappa shape index (κ2) is 50.1. The first-order valence-electron chi connectivity index (χ1n) is 36.4. The third kappa shape index (κ3) is 33.3. The van der Waals surface area contributed by atoms with E-state index in [0.29, 0.717) is 90.0 Å². The number of carbonyl (C=O) groups is 9. The van der Waals surface area contributed by atoms with Crippen molar-refractivity contribution in [1.29, 1.82) is 0 Å². The number of ether oxygens (including phenoxy) is 7. The first-order valence-corrected chi connectivity index (χ1v) is 36.4. The van der Waals surface area contributed by atoms with Crippen LogP contribution in [0.4, 0.5) is 0 Å². The molecule has 0 aromatic carbocycles. The molecule has 35 nitrogen and oxygen atoms in total. The lowest BCUT2D eigenvalue weighted by molar-refractivity contribution is -0.270. The van der Waals surface area contributed by atoms with E-state index in [2.05, 4.69) is 47.9 Å². The lowest BCUT2D eigenvalue weighted by Crippen LogP contribution is -2.64. The van der Waals surface area contributed by atoms with Gasteiger partial charge in [0.05, 0.1) is 32.5 Å². The van der Waals surface area contributed by atoms with Crippen LogP contribution >= 0.6 is 0 Å². The summed E-state index contributed by atoms with van der Waals surface area (Å²) in [5.74, 6) is -4.22.